The van der Waals surface area contributed by atoms with Gasteiger partial charge in [0.2, 0.25) is 5.54 Å². The van der Waals surface area contributed by atoms with E-state index in [2.05, 4.69) is 38.7 Å². The van der Waals surface area contributed by atoms with Crippen molar-refractivity contribution >= 4 is 8.32 Å². The van der Waals surface area contributed by atoms with Crippen molar-refractivity contribution in [2.45, 2.75) is 58.3 Å². The van der Waals surface area contributed by atoms with Gasteiger partial charge in [-0.15, -0.1) is 0 Å². The topological polar surface area (TPSA) is 13.6 Å². The molecule has 0 fully saturated rings. The van der Waals surface area contributed by atoms with Crippen LogP contribution in [0.1, 0.15) is 34.6 Å². The highest BCUT2D eigenvalue weighted by Gasteiger charge is 2.39. The van der Waals surface area contributed by atoms with Gasteiger partial charge < -0.3 is 9.27 Å². The summed E-state index contributed by atoms with van der Waals surface area (Å²) in [6.45, 7) is 22.5. The third-order valence-electron chi connectivity index (χ3n) is 2.90. The quantitative estimate of drug-likeness (QED) is 0.515. The first-order chi connectivity index (χ1) is 6.02. The fourth-order valence-electron chi connectivity index (χ4n) is 0.606. The Kier molecular flexibility index (Phi) is 3.94. The first kappa shape index (κ1) is 13.7. The standard InChI is InChI=1S/C11H23NOSi/c1-10(2,3)14(7,8)13-9-11(4,5)12-6/h9H2,1-5,7-8H3. The van der Waals surface area contributed by atoms with E-state index in [1.807, 2.05) is 13.8 Å². The number of rotatable bonds is 3. The smallest absolute Gasteiger partial charge is 0.248 e. The van der Waals surface area contributed by atoms with Crippen molar-refractivity contribution in [2.24, 2.45) is 0 Å². The molecule has 0 aliphatic rings. The first-order valence-corrected chi connectivity index (χ1v) is 7.95. The van der Waals surface area contributed by atoms with Crippen molar-refractivity contribution in [3.8, 4) is 0 Å². The summed E-state index contributed by atoms with van der Waals surface area (Å²) in [5.74, 6) is 0. The molecule has 0 rings (SSSR count). The Labute approximate surface area is 89.6 Å². The van der Waals surface area contributed by atoms with E-state index in [-0.39, 0.29) is 10.6 Å². The largest absolute Gasteiger partial charge is 0.409 e. The van der Waals surface area contributed by atoms with Crippen LogP contribution in [-0.2, 0) is 4.43 Å². The van der Waals surface area contributed by atoms with Gasteiger partial charge in [0.1, 0.15) is 6.61 Å². The lowest BCUT2D eigenvalue weighted by Crippen LogP contribution is -2.43. The monoisotopic (exact) mass is 213 g/mol. The first-order valence-electron chi connectivity index (χ1n) is 5.04. The molecule has 0 amide bonds. The molecule has 14 heavy (non-hydrogen) atoms. The van der Waals surface area contributed by atoms with Gasteiger partial charge in [0, 0.05) is 13.8 Å². The van der Waals surface area contributed by atoms with Crippen LogP contribution in [0.2, 0.25) is 18.1 Å². The molecule has 3 heteroatoms. The van der Waals surface area contributed by atoms with E-state index >= 15 is 0 Å². The molecule has 0 saturated carbocycles. The van der Waals surface area contributed by atoms with Gasteiger partial charge in [-0.2, -0.15) is 0 Å². The SMILES string of the molecule is [C-]#[N+]C(C)(C)CO[Si](C)(C)C(C)(C)C. The highest BCUT2D eigenvalue weighted by Crippen LogP contribution is 2.37. The third-order valence-corrected chi connectivity index (χ3v) is 7.37. The molecule has 0 aromatic rings. The third kappa shape index (κ3) is 3.81. The van der Waals surface area contributed by atoms with Crippen LogP contribution in [0.15, 0.2) is 0 Å². The summed E-state index contributed by atoms with van der Waals surface area (Å²) in [5.41, 5.74) is -0.379. The van der Waals surface area contributed by atoms with E-state index in [0.29, 0.717) is 6.61 Å². The van der Waals surface area contributed by atoms with Crippen molar-refractivity contribution in [3.05, 3.63) is 11.4 Å². The highest BCUT2D eigenvalue weighted by molar-refractivity contribution is 6.74. The van der Waals surface area contributed by atoms with Crippen molar-refractivity contribution in [3.63, 3.8) is 0 Å². The fraction of sp³-hybridized carbons (Fsp3) is 0.909. The Bertz CT molecular complexity index is 233. The number of nitrogens with zero attached hydrogens (tertiary/aromatic N) is 1. The average molecular weight is 213 g/mol. The Morgan fingerprint density at radius 3 is 1.86 bits per heavy atom. The van der Waals surface area contributed by atoms with Crippen molar-refractivity contribution in [1.82, 2.24) is 0 Å². The summed E-state index contributed by atoms with van der Waals surface area (Å²) >= 11 is 0. The van der Waals surface area contributed by atoms with E-state index in [9.17, 15) is 0 Å². The molecule has 0 radical (unpaired) electrons. The molecule has 0 aliphatic heterocycles. The van der Waals surface area contributed by atoms with Gasteiger partial charge in [0.05, 0.1) is 0 Å². The van der Waals surface area contributed by atoms with Crippen molar-refractivity contribution < 1.29 is 4.43 Å². The molecule has 2 nitrogen and oxygen atoms in total. The molecular formula is C11H23NOSi. The predicted octanol–water partition coefficient (Wildman–Crippen LogP) is 3.71. The molecule has 0 aromatic heterocycles. The van der Waals surface area contributed by atoms with Gasteiger partial charge in [0.25, 0.3) is 0 Å². The minimum Gasteiger partial charge on any atom is -0.409 e. The highest BCUT2D eigenvalue weighted by atomic mass is 28.4. The summed E-state index contributed by atoms with van der Waals surface area (Å²) in [4.78, 5) is 3.55. The molecule has 0 spiro atoms. The summed E-state index contributed by atoms with van der Waals surface area (Å²) in [7, 11) is -1.67. The fourth-order valence-corrected chi connectivity index (χ4v) is 1.75. The van der Waals surface area contributed by atoms with Crippen LogP contribution >= 0.6 is 0 Å². The Morgan fingerprint density at radius 1 is 1.14 bits per heavy atom. The maximum Gasteiger partial charge on any atom is 0.248 e. The van der Waals surface area contributed by atoms with Crippen LogP contribution in [0.5, 0.6) is 0 Å². The molecule has 0 bridgehead atoms. The van der Waals surface area contributed by atoms with Crippen LogP contribution in [0.4, 0.5) is 0 Å². The van der Waals surface area contributed by atoms with E-state index in [4.69, 9.17) is 11.0 Å². The Morgan fingerprint density at radius 2 is 1.57 bits per heavy atom. The summed E-state index contributed by atoms with van der Waals surface area (Å²) in [6, 6.07) is 0. The zero-order valence-corrected chi connectivity index (χ0v) is 11.6. The van der Waals surface area contributed by atoms with Crippen LogP contribution in [0.25, 0.3) is 4.85 Å². The molecule has 0 atom stereocenters. The molecule has 0 aromatic carbocycles. The van der Waals surface area contributed by atoms with Gasteiger partial charge >= 0.3 is 0 Å². The maximum atomic E-state index is 7.03. The lowest BCUT2D eigenvalue weighted by Gasteiger charge is -2.36. The molecule has 82 valence electrons. The van der Waals surface area contributed by atoms with Crippen molar-refractivity contribution in [2.75, 3.05) is 6.61 Å². The summed E-state index contributed by atoms with van der Waals surface area (Å²) in [6.07, 6.45) is 0. The van der Waals surface area contributed by atoms with E-state index in [1.54, 1.807) is 0 Å². The van der Waals surface area contributed by atoms with Crippen molar-refractivity contribution in [1.29, 1.82) is 0 Å². The maximum absolute atomic E-state index is 7.03. The number of hydrogen-bond acceptors (Lipinski definition) is 1. The van der Waals surface area contributed by atoms with Gasteiger partial charge in [-0.25, -0.2) is 6.57 Å². The Hall–Kier alpha value is -0.333. The molecule has 0 N–H and O–H groups in total. The minimum atomic E-state index is -1.67. The van der Waals surface area contributed by atoms with E-state index in [0.717, 1.165) is 0 Å². The molecule has 0 heterocycles. The zero-order chi connectivity index (χ0) is 11.6. The number of hydrogen-bond donors (Lipinski definition) is 0. The minimum absolute atomic E-state index is 0.227. The van der Waals surface area contributed by atoms with Gasteiger partial charge in [-0.1, -0.05) is 20.8 Å². The molecule has 0 aliphatic carbocycles. The molecule has 0 saturated heterocycles. The molecular weight excluding hydrogens is 190 g/mol. The second-order valence-corrected chi connectivity index (χ2v) is 10.8. The van der Waals surface area contributed by atoms with Crippen LogP contribution in [-0.4, -0.2) is 20.5 Å². The van der Waals surface area contributed by atoms with Gasteiger partial charge in [0.15, 0.2) is 8.32 Å². The normalized spacial score (nSPS) is 13.9. The lowest BCUT2D eigenvalue weighted by atomic mass is 10.1. The lowest BCUT2D eigenvalue weighted by molar-refractivity contribution is 0.243. The Balaban J connectivity index is 4.36. The van der Waals surface area contributed by atoms with E-state index in [1.165, 1.54) is 0 Å². The van der Waals surface area contributed by atoms with Crippen LogP contribution in [0, 0.1) is 6.57 Å². The zero-order valence-electron chi connectivity index (χ0n) is 10.6. The summed E-state index contributed by atoms with van der Waals surface area (Å²) in [5, 5.41) is 0.227. The second-order valence-electron chi connectivity index (χ2n) is 5.97. The van der Waals surface area contributed by atoms with Gasteiger partial charge in [-0.05, 0) is 18.1 Å². The average Bonchev–Trinajstić information content (AvgIpc) is 1.99. The molecule has 0 unspecified atom stereocenters. The van der Waals surface area contributed by atoms with Crippen LogP contribution < -0.4 is 0 Å². The second kappa shape index (κ2) is 4.04. The van der Waals surface area contributed by atoms with Gasteiger partial charge in [-0.3, -0.25) is 0 Å². The predicted molar refractivity (Wildman–Crippen MR) is 63.8 cm³/mol. The summed E-state index contributed by atoms with van der Waals surface area (Å²) < 4.78 is 5.97. The van der Waals surface area contributed by atoms with Crippen LogP contribution in [0.3, 0.4) is 0 Å². The van der Waals surface area contributed by atoms with E-state index < -0.39 is 8.32 Å².